The first-order valence-electron chi connectivity index (χ1n) is 8.23. The van der Waals surface area contributed by atoms with Gasteiger partial charge in [-0.05, 0) is 13.0 Å². The lowest BCUT2D eigenvalue weighted by molar-refractivity contribution is 0.797. The standard InChI is InChI=1S/C20H18N4S/c1-2-24-13-16(17-10-6-7-11-19(17)24)12-21-23-20-22-18(14-25-20)15-8-4-3-5-9-15/h3-14H,2H2,1H3,(H,22,23)/b21-12-. The molecule has 4 aromatic rings. The molecule has 1 N–H and O–H groups in total. The number of anilines is 1. The summed E-state index contributed by atoms with van der Waals surface area (Å²) in [6, 6.07) is 18.5. The summed E-state index contributed by atoms with van der Waals surface area (Å²) >= 11 is 1.55. The molecule has 0 aliphatic rings. The molecule has 4 nitrogen and oxygen atoms in total. The first-order chi connectivity index (χ1) is 12.3. The summed E-state index contributed by atoms with van der Waals surface area (Å²) < 4.78 is 2.23. The van der Waals surface area contributed by atoms with Crippen molar-refractivity contribution >= 4 is 33.6 Å². The summed E-state index contributed by atoms with van der Waals surface area (Å²) in [5.74, 6) is 0. The van der Waals surface area contributed by atoms with E-state index < -0.39 is 0 Å². The number of nitrogens with zero attached hydrogens (tertiary/aromatic N) is 3. The molecule has 5 heteroatoms. The Bertz CT molecular complexity index is 1010. The van der Waals surface area contributed by atoms with Crippen molar-refractivity contribution in [1.29, 1.82) is 0 Å². The van der Waals surface area contributed by atoms with Crippen molar-refractivity contribution in [3.63, 3.8) is 0 Å². The number of hydrazone groups is 1. The highest BCUT2D eigenvalue weighted by atomic mass is 32.1. The molecular formula is C20H18N4S. The summed E-state index contributed by atoms with van der Waals surface area (Å²) in [5.41, 5.74) is 7.45. The molecule has 0 atom stereocenters. The van der Waals surface area contributed by atoms with Gasteiger partial charge in [0.15, 0.2) is 0 Å². The van der Waals surface area contributed by atoms with Gasteiger partial charge in [-0.1, -0.05) is 48.5 Å². The Morgan fingerprint density at radius 1 is 1.12 bits per heavy atom. The minimum absolute atomic E-state index is 0.786. The third-order valence-electron chi connectivity index (χ3n) is 4.10. The second-order valence-electron chi connectivity index (χ2n) is 5.66. The molecule has 25 heavy (non-hydrogen) atoms. The van der Waals surface area contributed by atoms with Gasteiger partial charge in [-0.2, -0.15) is 5.10 Å². The minimum atomic E-state index is 0.786. The summed E-state index contributed by atoms with van der Waals surface area (Å²) in [4.78, 5) is 4.58. The molecule has 0 unspecified atom stereocenters. The Kier molecular flexibility index (Phi) is 4.31. The predicted molar refractivity (Wildman–Crippen MR) is 106 cm³/mol. The van der Waals surface area contributed by atoms with Crippen LogP contribution in [0.4, 0.5) is 5.13 Å². The number of aryl methyl sites for hydroxylation is 1. The summed E-state index contributed by atoms with van der Waals surface area (Å²) in [5, 5.41) is 8.41. The number of hydrogen-bond acceptors (Lipinski definition) is 4. The molecule has 0 radical (unpaired) electrons. The quantitative estimate of drug-likeness (QED) is 0.397. The summed E-state index contributed by atoms with van der Waals surface area (Å²) in [6.07, 6.45) is 3.99. The maximum Gasteiger partial charge on any atom is 0.203 e. The van der Waals surface area contributed by atoms with E-state index in [1.54, 1.807) is 11.3 Å². The van der Waals surface area contributed by atoms with Gasteiger partial charge >= 0.3 is 0 Å². The van der Waals surface area contributed by atoms with Gasteiger partial charge in [0.05, 0.1) is 11.9 Å². The van der Waals surface area contributed by atoms with E-state index in [1.807, 2.05) is 29.8 Å². The van der Waals surface area contributed by atoms with Gasteiger partial charge in [0.2, 0.25) is 5.13 Å². The van der Waals surface area contributed by atoms with E-state index in [0.717, 1.165) is 28.5 Å². The van der Waals surface area contributed by atoms with Crippen molar-refractivity contribution in [2.75, 3.05) is 5.43 Å². The number of nitrogens with one attached hydrogen (secondary N) is 1. The van der Waals surface area contributed by atoms with Gasteiger partial charge in [-0.3, -0.25) is 5.43 Å². The molecule has 0 fully saturated rings. The summed E-state index contributed by atoms with van der Waals surface area (Å²) in [6.45, 7) is 3.08. The molecule has 0 spiro atoms. The van der Waals surface area contributed by atoms with Gasteiger partial charge in [0.25, 0.3) is 0 Å². The monoisotopic (exact) mass is 346 g/mol. The molecule has 124 valence electrons. The average molecular weight is 346 g/mol. The first-order valence-corrected chi connectivity index (χ1v) is 9.11. The zero-order valence-corrected chi connectivity index (χ0v) is 14.7. The van der Waals surface area contributed by atoms with Gasteiger partial charge in [0.1, 0.15) is 0 Å². The van der Waals surface area contributed by atoms with Crippen LogP contribution in [0.2, 0.25) is 0 Å². The SMILES string of the molecule is CCn1cc(/C=N\Nc2nc(-c3ccccc3)cs2)c2ccccc21. The van der Waals surface area contributed by atoms with Gasteiger partial charge in [-0.15, -0.1) is 11.3 Å². The van der Waals surface area contributed by atoms with Crippen LogP contribution < -0.4 is 5.43 Å². The van der Waals surface area contributed by atoms with Crippen molar-refractivity contribution in [2.45, 2.75) is 13.5 Å². The number of para-hydroxylation sites is 1. The smallest absolute Gasteiger partial charge is 0.203 e. The van der Waals surface area contributed by atoms with Crippen LogP contribution in [0.25, 0.3) is 22.2 Å². The number of aromatic nitrogens is 2. The van der Waals surface area contributed by atoms with Gasteiger partial charge < -0.3 is 4.57 Å². The Balaban J connectivity index is 1.53. The van der Waals surface area contributed by atoms with Crippen LogP contribution in [0.3, 0.4) is 0 Å². The average Bonchev–Trinajstić information content (AvgIpc) is 3.28. The Morgan fingerprint density at radius 3 is 2.76 bits per heavy atom. The lowest BCUT2D eigenvalue weighted by atomic mass is 10.2. The van der Waals surface area contributed by atoms with Crippen LogP contribution in [0.1, 0.15) is 12.5 Å². The van der Waals surface area contributed by atoms with E-state index in [4.69, 9.17) is 0 Å². The number of fused-ring (bicyclic) bond motifs is 1. The van der Waals surface area contributed by atoms with E-state index in [2.05, 4.69) is 69.6 Å². The van der Waals surface area contributed by atoms with Gasteiger partial charge in [0, 0.05) is 40.2 Å². The normalized spacial score (nSPS) is 11.4. The van der Waals surface area contributed by atoms with Crippen molar-refractivity contribution in [3.8, 4) is 11.3 Å². The molecule has 0 saturated heterocycles. The molecule has 4 rings (SSSR count). The van der Waals surface area contributed by atoms with Crippen molar-refractivity contribution in [2.24, 2.45) is 5.10 Å². The Labute approximate surface area is 150 Å². The van der Waals surface area contributed by atoms with Crippen LogP contribution in [-0.4, -0.2) is 15.8 Å². The fourth-order valence-electron chi connectivity index (χ4n) is 2.86. The highest BCUT2D eigenvalue weighted by Gasteiger charge is 2.05. The number of benzene rings is 2. The molecular weight excluding hydrogens is 328 g/mol. The largest absolute Gasteiger partial charge is 0.347 e. The van der Waals surface area contributed by atoms with Crippen molar-refractivity contribution in [3.05, 3.63) is 71.7 Å². The lowest BCUT2D eigenvalue weighted by Crippen LogP contribution is -1.91. The predicted octanol–water partition coefficient (Wildman–Crippen LogP) is 5.23. The Hall–Kier alpha value is -2.92. The maximum absolute atomic E-state index is 4.58. The van der Waals surface area contributed by atoms with E-state index in [0.29, 0.717) is 0 Å². The van der Waals surface area contributed by atoms with Crippen LogP contribution in [0, 0.1) is 0 Å². The molecule has 0 amide bonds. The molecule has 0 aliphatic carbocycles. The lowest BCUT2D eigenvalue weighted by Gasteiger charge is -1.97. The molecule has 2 aromatic heterocycles. The van der Waals surface area contributed by atoms with E-state index >= 15 is 0 Å². The Morgan fingerprint density at radius 2 is 1.92 bits per heavy atom. The molecule has 2 aromatic carbocycles. The topological polar surface area (TPSA) is 42.2 Å². The van der Waals surface area contributed by atoms with E-state index in [9.17, 15) is 0 Å². The van der Waals surface area contributed by atoms with Crippen LogP contribution in [0.15, 0.2) is 71.3 Å². The zero-order valence-electron chi connectivity index (χ0n) is 13.9. The zero-order chi connectivity index (χ0) is 17.1. The second-order valence-corrected chi connectivity index (χ2v) is 6.52. The maximum atomic E-state index is 4.58. The van der Waals surface area contributed by atoms with Crippen molar-refractivity contribution < 1.29 is 0 Å². The molecule has 0 aliphatic heterocycles. The molecule has 0 saturated carbocycles. The molecule has 2 heterocycles. The summed E-state index contributed by atoms with van der Waals surface area (Å²) in [7, 11) is 0. The third-order valence-corrected chi connectivity index (χ3v) is 4.84. The number of rotatable bonds is 5. The third kappa shape index (κ3) is 3.19. The van der Waals surface area contributed by atoms with Gasteiger partial charge in [-0.25, -0.2) is 4.98 Å². The highest BCUT2D eigenvalue weighted by Crippen LogP contribution is 2.25. The molecule has 0 bridgehead atoms. The second kappa shape index (κ2) is 6.91. The van der Waals surface area contributed by atoms with Crippen LogP contribution >= 0.6 is 11.3 Å². The number of thiazole rings is 1. The van der Waals surface area contributed by atoms with E-state index in [1.165, 1.54) is 10.9 Å². The minimum Gasteiger partial charge on any atom is -0.347 e. The first kappa shape index (κ1) is 15.6. The highest BCUT2D eigenvalue weighted by molar-refractivity contribution is 7.14. The van der Waals surface area contributed by atoms with Crippen LogP contribution in [0.5, 0.6) is 0 Å². The fraction of sp³-hybridized carbons (Fsp3) is 0.100. The van der Waals surface area contributed by atoms with Crippen LogP contribution in [-0.2, 0) is 6.54 Å². The number of hydrogen-bond donors (Lipinski definition) is 1. The fourth-order valence-corrected chi connectivity index (χ4v) is 3.53. The van der Waals surface area contributed by atoms with Crippen molar-refractivity contribution in [1.82, 2.24) is 9.55 Å². The van der Waals surface area contributed by atoms with E-state index in [-0.39, 0.29) is 0 Å².